The number of aromatic nitrogens is 2. The molecule has 0 unspecified atom stereocenters. The van der Waals surface area contributed by atoms with Gasteiger partial charge in [-0.25, -0.2) is 0 Å². The zero-order valence-corrected chi connectivity index (χ0v) is 13.7. The van der Waals surface area contributed by atoms with Crippen molar-refractivity contribution in [2.75, 3.05) is 20.3 Å². The third-order valence-electron chi connectivity index (χ3n) is 3.05. The van der Waals surface area contributed by atoms with E-state index in [2.05, 4.69) is 31.4 Å². The molecule has 2 rings (SSSR count). The van der Waals surface area contributed by atoms with Crippen molar-refractivity contribution < 1.29 is 9.15 Å². The minimum absolute atomic E-state index is 0.541. The van der Waals surface area contributed by atoms with Crippen LogP contribution in [0, 0.1) is 0 Å². The number of halogens is 1. The molecule has 1 aromatic heterocycles. The van der Waals surface area contributed by atoms with Crippen LogP contribution in [0.4, 0.5) is 0 Å². The molecule has 0 saturated heterocycles. The van der Waals surface area contributed by atoms with Crippen molar-refractivity contribution in [3.8, 4) is 11.5 Å². The molecule has 5 nitrogen and oxygen atoms in total. The minimum Gasteiger partial charge on any atom is -0.419 e. The van der Waals surface area contributed by atoms with E-state index in [4.69, 9.17) is 9.15 Å². The van der Waals surface area contributed by atoms with Crippen molar-refractivity contribution in [2.45, 2.75) is 25.8 Å². The van der Waals surface area contributed by atoms with E-state index in [9.17, 15) is 0 Å². The maximum Gasteiger partial charge on any atom is 0.248 e. The summed E-state index contributed by atoms with van der Waals surface area (Å²) in [7, 11) is 1.73. The highest BCUT2D eigenvalue weighted by molar-refractivity contribution is 9.10. The molecule has 0 atom stereocenters. The molecule has 0 fully saturated rings. The fraction of sp³-hybridized carbons (Fsp3) is 0.467. The predicted octanol–water partition coefficient (Wildman–Crippen LogP) is 3.41. The molecule has 0 aliphatic carbocycles. The Bertz CT molecular complexity index is 545. The van der Waals surface area contributed by atoms with Crippen LogP contribution < -0.4 is 5.32 Å². The van der Waals surface area contributed by atoms with Crippen molar-refractivity contribution in [3.63, 3.8) is 0 Å². The molecule has 114 valence electrons. The van der Waals surface area contributed by atoms with Gasteiger partial charge in [0, 0.05) is 18.2 Å². The largest absolute Gasteiger partial charge is 0.419 e. The second-order valence-corrected chi connectivity index (χ2v) is 5.57. The fourth-order valence-corrected chi connectivity index (χ4v) is 2.39. The van der Waals surface area contributed by atoms with Crippen molar-refractivity contribution in [3.05, 3.63) is 34.6 Å². The summed E-state index contributed by atoms with van der Waals surface area (Å²) >= 11 is 3.48. The Hall–Kier alpha value is -1.24. The van der Waals surface area contributed by atoms with E-state index in [0.29, 0.717) is 18.3 Å². The molecule has 0 bridgehead atoms. The number of hydrogen-bond donors (Lipinski definition) is 1. The molecule has 6 heteroatoms. The van der Waals surface area contributed by atoms with E-state index in [1.165, 1.54) is 0 Å². The number of benzene rings is 1. The van der Waals surface area contributed by atoms with Crippen LogP contribution in [0.5, 0.6) is 0 Å². The van der Waals surface area contributed by atoms with Crippen LogP contribution in [-0.2, 0) is 11.3 Å². The van der Waals surface area contributed by atoms with Gasteiger partial charge in [-0.15, -0.1) is 10.2 Å². The zero-order chi connectivity index (χ0) is 14.9. The Balaban J connectivity index is 1.75. The number of rotatable bonds is 9. The van der Waals surface area contributed by atoms with Crippen molar-refractivity contribution in [2.24, 2.45) is 0 Å². The Morgan fingerprint density at radius 1 is 1.19 bits per heavy atom. The molecule has 1 heterocycles. The summed E-state index contributed by atoms with van der Waals surface area (Å²) in [5, 5.41) is 11.5. The summed E-state index contributed by atoms with van der Waals surface area (Å²) in [6, 6.07) is 7.81. The molecule has 1 aromatic carbocycles. The van der Waals surface area contributed by atoms with Crippen LogP contribution in [0.15, 0.2) is 33.2 Å². The van der Waals surface area contributed by atoms with Gasteiger partial charge in [0.15, 0.2) is 0 Å². The lowest BCUT2D eigenvalue weighted by Gasteiger charge is -2.02. The first-order valence-electron chi connectivity index (χ1n) is 7.08. The standard InChI is InChI=1S/C15H20BrN3O2/c1-20-10-6-2-5-9-17-11-14-18-19-15(21-14)12-7-3-4-8-13(12)16/h3-4,7-8,17H,2,5-6,9-11H2,1H3. The minimum atomic E-state index is 0.541. The lowest BCUT2D eigenvalue weighted by Crippen LogP contribution is -2.15. The molecule has 0 radical (unpaired) electrons. The normalized spacial score (nSPS) is 11.0. The van der Waals surface area contributed by atoms with Gasteiger partial charge in [0.25, 0.3) is 0 Å². The van der Waals surface area contributed by atoms with Gasteiger partial charge in [0.05, 0.1) is 12.1 Å². The molecule has 21 heavy (non-hydrogen) atoms. The first-order chi connectivity index (χ1) is 10.3. The predicted molar refractivity (Wildman–Crippen MR) is 84.9 cm³/mol. The fourth-order valence-electron chi connectivity index (χ4n) is 1.94. The van der Waals surface area contributed by atoms with E-state index >= 15 is 0 Å². The Morgan fingerprint density at radius 3 is 2.86 bits per heavy atom. The van der Waals surface area contributed by atoms with Gasteiger partial charge >= 0.3 is 0 Å². The molecule has 0 saturated carbocycles. The number of nitrogens with one attached hydrogen (secondary N) is 1. The monoisotopic (exact) mass is 353 g/mol. The molecular formula is C15H20BrN3O2. The SMILES string of the molecule is COCCCCCNCc1nnc(-c2ccccc2Br)o1. The summed E-state index contributed by atoms with van der Waals surface area (Å²) < 4.78 is 11.6. The van der Waals surface area contributed by atoms with Crippen LogP contribution in [0.2, 0.25) is 0 Å². The van der Waals surface area contributed by atoms with Crippen LogP contribution in [0.3, 0.4) is 0 Å². The summed E-state index contributed by atoms with van der Waals surface area (Å²) in [6.45, 7) is 2.37. The molecular weight excluding hydrogens is 334 g/mol. The second-order valence-electron chi connectivity index (χ2n) is 4.71. The van der Waals surface area contributed by atoms with E-state index in [-0.39, 0.29) is 0 Å². The highest BCUT2D eigenvalue weighted by atomic mass is 79.9. The van der Waals surface area contributed by atoms with Crippen LogP contribution >= 0.6 is 15.9 Å². The smallest absolute Gasteiger partial charge is 0.248 e. The number of hydrogen-bond acceptors (Lipinski definition) is 5. The third-order valence-corrected chi connectivity index (χ3v) is 3.74. The Morgan fingerprint density at radius 2 is 2.05 bits per heavy atom. The van der Waals surface area contributed by atoms with Gasteiger partial charge in [-0.3, -0.25) is 0 Å². The first-order valence-corrected chi connectivity index (χ1v) is 7.87. The quantitative estimate of drug-likeness (QED) is 0.700. The maximum atomic E-state index is 5.66. The van der Waals surface area contributed by atoms with Crippen molar-refractivity contribution >= 4 is 15.9 Å². The van der Waals surface area contributed by atoms with Crippen LogP contribution in [0.25, 0.3) is 11.5 Å². The Kier molecular flexibility index (Phi) is 6.85. The lowest BCUT2D eigenvalue weighted by atomic mass is 10.2. The third kappa shape index (κ3) is 5.22. The van der Waals surface area contributed by atoms with Crippen LogP contribution in [0.1, 0.15) is 25.2 Å². The van der Waals surface area contributed by atoms with E-state index < -0.39 is 0 Å². The molecule has 0 aliphatic heterocycles. The van der Waals surface area contributed by atoms with Crippen molar-refractivity contribution in [1.82, 2.24) is 15.5 Å². The number of ether oxygens (including phenoxy) is 1. The summed E-state index contributed by atoms with van der Waals surface area (Å²) in [4.78, 5) is 0. The average molecular weight is 354 g/mol. The Labute approximate surface area is 133 Å². The summed E-state index contributed by atoms with van der Waals surface area (Å²) in [6.07, 6.45) is 3.38. The zero-order valence-electron chi connectivity index (χ0n) is 12.1. The molecule has 0 aliphatic rings. The van der Waals surface area contributed by atoms with Gasteiger partial charge < -0.3 is 14.5 Å². The maximum absolute atomic E-state index is 5.66. The number of nitrogens with zero attached hydrogens (tertiary/aromatic N) is 2. The van der Waals surface area contributed by atoms with E-state index in [1.54, 1.807) is 7.11 Å². The van der Waals surface area contributed by atoms with Gasteiger partial charge in [-0.1, -0.05) is 12.1 Å². The molecule has 1 N–H and O–H groups in total. The molecule has 0 amide bonds. The van der Waals surface area contributed by atoms with Crippen molar-refractivity contribution in [1.29, 1.82) is 0 Å². The van der Waals surface area contributed by atoms with Gasteiger partial charge in [0.2, 0.25) is 11.8 Å². The second kappa shape index (κ2) is 8.92. The lowest BCUT2D eigenvalue weighted by molar-refractivity contribution is 0.192. The van der Waals surface area contributed by atoms with Crippen LogP contribution in [-0.4, -0.2) is 30.5 Å². The highest BCUT2D eigenvalue weighted by Crippen LogP contribution is 2.26. The molecule has 2 aromatic rings. The molecule has 0 spiro atoms. The van der Waals surface area contributed by atoms with Gasteiger partial charge in [0.1, 0.15) is 0 Å². The van der Waals surface area contributed by atoms with Gasteiger partial charge in [-0.2, -0.15) is 0 Å². The highest BCUT2D eigenvalue weighted by Gasteiger charge is 2.10. The first kappa shape index (κ1) is 16.1. The topological polar surface area (TPSA) is 60.2 Å². The summed E-state index contributed by atoms with van der Waals surface area (Å²) in [5.74, 6) is 1.15. The number of methoxy groups -OCH3 is 1. The summed E-state index contributed by atoms with van der Waals surface area (Å²) in [5.41, 5.74) is 0.913. The van der Waals surface area contributed by atoms with Gasteiger partial charge in [-0.05, 0) is 53.9 Å². The number of unbranched alkanes of at least 4 members (excludes halogenated alkanes) is 2. The van der Waals surface area contributed by atoms with E-state index in [0.717, 1.165) is 42.5 Å². The van der Waals surface area contributed by atoms with E-state index in [1.807, 2.05) is 24.3 Å². The average Bonchev–Trinajstić information content (AvgIpc) is 2.95.